The smallest absolute Gasteiger partial charge is 0.224 e. The lowest BCUT2D eigenvalue weighted by Gasteiger charge is -2.22. The molecule has 94 valence electrons. The second-order valence-electron chi connectivity index (χ2n) is 5.25. The van der Waals surface area contributed by atoms with Gasteiger partial charge in [-0.2, -0.15) is 0 Å². The van der Waals surface area contributed by atoms with Crippen LogP contribution in [0.15, 0.2) is 24.3 Å². The molecular weight excluding hydrogens is 212 g/mol. The van der Waals surface area contributed by atoms with Crippen molar-refractivity contribution in [1.82, 2.24) is 5.32 Å². The molecule has 0 aliphatic heterocycles. The highest BCUT2D eigenvalue weighted by atomic mass is 16.1. The van der Waals surface area contributed by atoms with Crippen molar-refractivity contribution in [2.24, 2.45) is 11.1 Å². The van der Waals surface area contributed by atoms with Crippen LogP contribution < -0.4 is 11.1 Å². The van der Waals surface area contributed by atoms with Crippen LogP contribution in [0, 0.1) is 12.3 Å². The van der Waals surface area contributed by atoms with Crippen molar-refractivity contribution in [2.75, 3.05) is 13.1 Å². The molecule has 0 aliphatic rings. The normalized spacial score (nSPS) is 11.3. The maximum Gasteiger partial charge on any atom is 0.224 e. The van der Waals surface area contributed by atoms with E-state index in [2.05, 4.69) is 5.32 Å². The van der Waals surface area contributed by atoms with Gasteiger partial charge in [-0.05, 0) is 30.0 Å². The number of amides is 1. The minimum absolute atomic E-state index is 0.0403. The second-order valence-corrected chi connectivity index (χ2v) is 5.25. The first-order chi connectivity index (χ1) is 7.94. The van der Waals surface area contributed by atoms with Crippen molar-refractivity contribution in [3.8, 4) is 0 Å². The lowest BCUT2D eigenvalue weighted by Crippen LogP contribution is -2.39. The SMILES string of the molecule is Cc1ccccc1CC(=O)NCC(C)(C)CN. The van der Waals surface area contributed by atoms with Crippen LogP contribution in [0.3, 0.4) is 0 Å². The minimum atomic E-state index is -0.0403. The van der Waals surface area contributed by atoms with Crippen molar-refractivity contribution in [1.29, 1.82) is 0 Å². The standard InChI is InChI=1S/C14H22N2O/c1-11-6-4-5-7-12(11)8-13(17)16-10-14(2,3)9-15/h4-7H,8-10,15H2,1-3H3,(H,16,17). The largest absolute Gasteiger partial charge is 0.355 e. The number of carbonyl (C=O) groups is 1. The summed E-state index contributed by atoms with van der Waals surface area (Å²) in [7, 11) is 0. The molecule has 0 aromatic heterocycles. The molecule has 0 spiro atoms. The average Bonchev–Trinajstić information content (AvgIpc) is 2.30. The molecule has 3 N–H and O–H groups in total. The molecule has 17 heavy (non-hydrogen) atoms. The van der Waals surface area contributed by atoms with Gasteiger partial charge in [0.25, 0.3) is 0 Å². The van der Waals surface area contributed by atoms with E-state index < -0.39 is 0 Å². The lowest BCUT2D eigenvalue weighted by molar-refractivity contribution is -0.120. The van der Waals surface area contributed by atoms with E-state index in [0.29, 0.717) is 19.5 Å². The van der Waals surface area contributed by atoms with E-state index in [1.807, 2.05) is 45.0 Å². The molecule has 0 bridgehead atoms. The Morgan fingerprint density at radius 1 is 1.35 bits per heavy atom. The van der Waals surface area contributed by atoms with Gasteiger partial charge in [-0.25, -0.2) is 0 Å². The Morgan fingerprint density at radius 3 is 2.59 bits per heavy atom. The third-order valence-corrected chi connectivity index (χ3v) is 2.93. The fraction of sp³-hybridized carbons (Fsp3) is 0.500. The molecule has 0 aliphatic carbocycles. The van der Waals surface area contributed by atoms with Gasteiger partial charge in [0, 0.05) is 6.54 Å². The summed E-state index contributed by atoms with van der Waals surface area (Å²) in [5.74, 6) is 0.0563. The highest BCUT2D eigenvalue weighted by molar-refractivity contribution is 5.78. The Hall–Kier alpha value is -1.35. The molecule has 1 aromatic carbocycles. The summed E-state index contributed by atoms with van der Waals surface area (Å²) in [5, 5.41) is 2.93. The van der Waals surface area contributed by atoms with Crippen molar-refractivity contribution in [3.63, 3.8) is 0 Å². The Labute approximate surface area is 103 Å². The fourth-order valence-corrected chi connectivity index (χ4v) is 1.45. The molecule has 0 saturated carbocycles. The molecule has 1 amide bonds. The number of benzene rings is 1. The number of aryl methyl sites for hydroxylation is 1. The summed E-state index contributed by atoms with van der Waals surface area (Å²) in [6, 6.07) is 7.95. The Balaban J connectivity index is 2.48. The first kappa shape index (κ1) is 13.7. The molecular formula is C14H22N2O. The topological polar surface area (TPSA) is 55.1 Å². The van der Waals surface area contributed by atoms with Gasteiger partial charge in [0.05, 0.1) is 6.42 Å². The Morgan fingerprint density at radius 2 is 2.00 bits per heavy atom. The molecule has 3 heteroatoms. The number of hydrogen-bond acceptors (Lipinski definition) is 2. The maximum atomic E-state index is 11.8. The van der Waals surface area contributed by atoms with Crippen LogP contribution in [0.5, 0.6) is 0 Å². The molecule has 1 aromatic rings. The van der Waals surface area contributed by atoms with E-state index in [-0.39, 0.29) is 11.3 Å². The number of nitrogens with two attached hydrogens (primary N) is 1. The van der Waals surface area contributed by atoms with Crippen LogP contribution in [0.25, 0.3) is 0 Å². The first-order valence-electron chi connectivity index (χ1n) is 5.96. The average molecular weight is 234 g/mol. The Kier molecular flexibility index (Phi) is 4.70. The quantitative estimate of drug-likeness (QED) is 0.813. The van der Waals surface area contributed by atoms with E-state index in [0.717, 1.165) is 11.1 Å². The maximum absolute atomic E-state index is 11.8. The van der Waals surface area contributed by atoms with E-state index in [9.17, 15) is 4.79 Å². The zero-order valence-electron chi connectivity index (χ0n) is 10.9. The summed E-state index contributed by atoms with van der Waals surface area (Å²) in [5.41, 5.74) is 7.81. The van der Waals surface area contributed by atoms with Crippen molar-refractivity contribution >= 4 is 5.91 Å². The molecule has 3 nitrogen and oxygen atoms in total. The van der Waals surface area contributed by atoms with Gasteiger partial charge in [0.15, 0.2) is 0 Å². The number of nitrogens with one attached hydrogen (secondary N) is 1. The zero-order valence-corrected chi connectivity index (χ0v) is 10.9. The summed E-state index contributed by atoms with van der Waals surface area (Å²) in [4.78, 5) is 11.8. The van der Waals surface area contributed by atoms with Crippen LogP contribution in [0.1, 0.15) is 25.0 Å². The Bertz CT molecular complexity index is 386. The zero-order chi connectivity index (χ0) is 12.9. The van der Waals surface area contributed by atoms with Crippen LogP contribution in [-0.2, 0) is 11.2 Å². The molecule has 0 saturated heterocycles. The molecule has 0 heterocycles. The summed E-state index contributed by atoms with van der Waals surface area (Å²) < 4.78 is 0. The van der Waals surface area contributed by atoms with E-state index in [1.165, 1.54) is 0 Å². The molecule has 0 unspecified atom stereocenters. The van der Waals surface area contributed by atoms with Gasteiger partial charge >= 0.3 is 0 Å². The molecule has 0 atom stereocenters. The number of hydrogen-bond donors (Lipinski definition) is 2. The predicted molar refractivity (Wildman–Crippen MR) is 70.7 cm³/mol. The van der Waals surface area contributed by atoms with Gasteiger partial charge in [-0.3, -0.25) is 4.79 Å². The van der Waals surface area contributed by atoms with E-state index in [4.69, 9.17) is 5.73 Å². The van der Waals surface area contributed by atoms with E-state index in [1.54, 1.807) is 0 Å². The summed E-state index contributed by atoms with van der Waals surface area (Å²) >= 11 is 0. The van der Waals surface area contributed by atoms with Crippen molar-refractivity contribution in [2.45, 2.75) is 27.2 Å². The molecule has 0 fully saturated rings. The summed E-state index contributed by atoms with van der Waals surface area (Å²) in [6.45, 7) is 7.29. The lowest BCUT2D eigenvalue weighted by atomic mass is 9.94. The first-order valence-corrected chi connectivity index (χ1v) is 5.96. The van der Waals surface area contributed by atoms with Crippen LogP contribution >= 0.6 is 0 Å². The highest BCUT2D eigenvalue weighted by Crippen LogP contribution is 2.11. The van der Waals surface area contributed by atoms with Crippen LogP contribution in [0.2, 0.25) is 0 Å². The van der Waals surface area contributed by atoms with E-state index >= 15 is 0 Å². The highest BCUT2D eigenvalue weighted by Gasteiger charge is 2.16. The molecule has 1 rings (SSSR count). The predicted octanol–water partition coefficient (Wildman–Crippen LogP) is 1.64. The third kappa shape index (κ3) is 4.57. The second kappa shape index (κ2) is 5.82. The van der Waals surface area contributed by atoms with Crippen molar-refractivity contribution in [3.05, 3.63) is 35.4 Å². The van der Waals surface area contributed by atoms with Gasteiger partial charge in [0.2, 0.25) is 5.91 Å². The van der Waals surface area contributed by atoms with Crippen molar-refractivity contribution < 1.29 is 4.79 Å². The molecule has 0 radical (unpaired) electrons. The van der Waals surface area contributed by atoms with Crippen LogP contribution in [0.4, 0.5) is 0 Å². The number of rotatable bonds is 5. The number of carbonyl (C=O) groups excluding carboxylic acids is 1. The van der Waals surface area contributed by atoms with Gasteiger partial charge in [-0.1, -0.05) is 38.1 Å². The monoisotopic (exact) mass is 234 g/mol. The fourth-order valence-electron chi connectivity index (χ4n) is 1.45. The van der Waals surface area contributed by atoms with Gasteiger partial charge < -0.3 is 11.1 Å². The van der Waals surface area contributed by atoms with Gasteiger partial charge in [-0.15, -0.1) is 0 Å². The third-order valence-electron chi connectivity index (χ3n) is 2.93. The minimum Gasteiger partial charge on any atom is -0.355 e. The summed E-state index contributed by atoms with van der Waals surface area (Å²) in [6.07, 6.45) is 0.438. The van der Waals surface area contributed by atoms with Gasteiger partial charge in [0.1, 0.15) is 0 Å². The van der Waals surface area contributed by atoms with Crippen LogP contribution in [-0.4, -0.2) is 19.0 Å².